The molecule has 1 atom stereocenters. The second kappa shape index (κ2) is 6.88. The van der Waals surface area contributed by atoms with E-state index in [1.165, 1.54) is 12.1 Å². The molecule has 2 rings (SSSR count). The predicted molar refractivity (Wildman–Crippen MR) is 78.6 cm³/mol. The first kappa shape index (κ1) is 15.7. The minimum atomic E-state index is -0.599. The van der Waals surface area contributed by atoms with Gasteiger partial charge in [-0.1, -0.05) is 18.5 Å². The number of carbonyl (C=O) groups excluding carboxylic acids is 1. The Kier molecular flexibility index (Phi) is 5.16. The van der Waals surface area contributed by atoms with E-state index in [0.717, 1.165) is 12.5 Å². The Labute approximate surface area is 128 Å². The van der Waals surface area contributed by atoms with Crippen LogP contribution in [-0.2, 0) is 0 Å². The zero-order chi connectivity index (χ0) is 15.4. The molecule has 1 aliphatic heterocycles. The van der Waals surface area contributed by atoms with E-state index in [2.05, 4.69) is 11.0 Å². The third-order valence-electron chi connectivity index (χ3n) is 3.74. The zero-order valence-corrected chi connectivity index (χ0v) is 12.6. The average molecular weight is 310 g/mol. The summed E-state index contributed by atoms with van der Waals surface area (Å²) in [5.41, 5.74) is 0.0418. The number of piperazine rings is 1. The van der Waals surface area contributed by atoms with Crippen LogP contribution >= 0.6 is 11.6 Å². The van der Waals surface area contributed by atoms with Gasteiger partial charge in [-0.25, -0.2) is 4.39 Å². The fraction of sp³-hybridized carbons (Fsp3) is 0.467. The highest BCUT2D eigenvalue weighted by atomic mass is 35.5. The minimum Gasteiger partial charge on any atom is -0.336 e. The van der Waals surface area contributed by atoms with Crippen molar-refractivity contribution < 1.29 is 9.18 Å². The Morgan fingerprint density at radius 1 is 1.43 bits per heavy atom. The largest absolute Gasteiger partial charge is 0.336 e. The van der Waals surface area contributed by atoms with E-state index in [4.69, 9.17) is 16.9 Å². The van der Waals surface area contributed by atoms with Crippen molar-refractivity contribution in [3.63, 3.8) is 0 Å². The van der Waals surface area contributed by atoms with Gasteiger partial charge in [-0.2, -0.15) is 5.26 Å². The molecule has 0 radical (unpaired) electrons. The van der Waals surface area contributed by atoms with Crippen LogP contribution in [0.1, 0.15) is 23.7 Å². The summed E-state index contributed by atoms with van der Waals surface area (Å²) in [5.74, 6) is -0.924. The normalized spacial score (nSPS) is 17.3. The molecule has 1 amide bonds. The second-order valence-corrected chi connectivity index (χ2v) is 5.44. The van der Waals surface area contributed by atoms with Gasteiger partial charge in [-0.15, -0.1) is 0 Å². The van der Waals surface area contributed by atoms with Gasteiger partial charge in [0.25, 0.3) is 5.91 Å². The van der Waals surface area contributed by atoms with Crippen LogP contribution < -0.4 is 0 Å². The molecule has 21 heavy (non-hydrogen) atoms. The van der Waals surface area contributed by atoms with Crippen molar-refractivity contribution in [2.45, 2.75) is 19.4 Å². The molecule has 0 aliphatic carbocycles. The van der Waals surface area contributed by atoms with Gasteiger partial charge in [0.05, 0.1) is 17.7 Å². The lowest BCUT2D eigenvalue weighted by molar-refractivity contribution is 0.0600. The molecule has 0 spiro atoms. The maximum absolute atomic E-state index is 13.8. The molecule has 112 valence electrons. The van der Waals surface area contributed by atoms with Crippen molar-refractivity contribution in [2.75, 3.05) is 26.2 Å². The number of carbonyl (C=O) groups is 1. The molecule has 0 bridgehead atoms. The summed E-state index contributed by atoms with van der Waals surface area (Å²) in [7, 11) is 0. The number of halogens is 2. The van der Waals surface area contributed by atoms with Crippen LogP contribution in [0.4, 0.5) is 4.39 Å². The van der Waals surface area contributed by atoms with E-state index < -0.39 is 5.82 Å². The van der Waals surface area contributed by atoms with E-state index in [-0.39, 0.29) is 22.5 Å². The third kappa shape index (κ3) is 3.52. The average Bonchev–Trinajstić information content (AvgIpc) is 2.48. The summed E-state index contributed by atoms with van der Waals surface area (Å²) in [5, 5.41) is 9.33. The summed E-state index contributed by atoms with van der Waals surface area (Å²) in [6.45, 7) is 4.23. The van der Waals surface area contributed by atoms with Crippen LogP contribution in [-0.4, -0.2) is 47.9 Å². The number of amides is 1. The number of hydrogen-bond acceptors (Lipinski definition) is 3. The fourth-order valence-electron chi connectivity index (χ4n) is 2.50. The number of rotatable bonds is 3. The molecule has 0 N–H and O–H groups in total. The quantitative estimate of drug-likeness (QED) is 0.862. The maximum Gasteiger partial charge on any atom is 0.256 e. The molecular formula is C15H17ClFN3O. The molecule has 1 saturated heterocycles. The zero-order valence-electron chi connectivity index (χ0n) is 11.9. The smallest absolute Gasteiger partial charge is 0.256 e. The van der Waals surface area contributed by atoms with Crippen molar-refractivity contribution in [1.82, 2.24) is 9.80 Å². The minimum absolute atomic E-state index is 0.0418. The molecule has 1 unspecified atom stereocenters. The lowest BCUT2D eigenvalue weighted by atomic mass is 10.1. The van der Waals surface area contributed by atoms with Crippen LogP contribution in [0.5, 0.6) is 0 Å². The lowest BCUT2D eigenvalue weighted by Gasteiger charge is -2.36. The van der Waals surface area contributed by atoms with Crippen molar-refractivity contribution in [2.24, 2.45) is 0 Å². The SMILES string of the molecule is CCC(C#N)N1CCN(C(=O)c2ccc(Cl)cc2F)CC1. The van der Waals surface area contributed by atoms with Crippen LogP contribution in [0, 0.1) is 17.1 Å². The van der Waals surface area contributed by atoms with E-state index >= 15 is 0 Å². The number of nitrogens with zero attached hydrogens (tertiary/aromatic N) is 3. The number of hydrogen-bond donors (Lipinski definition) is 0. The molecule has 1 heterocycles. The summed E-state index contributed by atoms with van der Waals surface area (Å²) >= 11 is 5.69. The first-order valence-corrected chi connectivity index (χ1v) is 7.32. The van der Waals surface area contributed by atoms with Gasteiger partial charge in [0.1, 0.15) is 5.82 Å². The van der Waals surface area contributed by atoms with Crippen molar-refractivity contribution in [3.05, 3.63) is 34.6 Å². The lowest BCUT2D eigenvalue weighted by Crippen LogP contribution is -2.51. The van der Waals surface area contributed by atoms with E-state index in [1.54, 1.807) is 4.90 Å². The Bertz CT molecular complexity index is 565. The first-order chi connectivity index (χ1) is 10.1. The molecule has 1 aliphatic rings. The highest BCUT2D eigenvalue weighted by Gasteiger charge is 2.26. The van der Waals surface area contributed by atoms with Crippen LogP contribution in [0.15, 0.2) is 18.2 Å². The topological polar surface area (TPSA) is 47.3 Å². The Balaban J connectivity index is 2.02. The van der Waals surface area contributed by atoms with Crippen LogP contribution in [0.25, 0.3) is 0 Å². The first-order valence-electron chi connectivity index (χ1n) is 6.94. The van der Waals surface area contributed by atoms with E-state index in [0.29, 0.717) is 26.2 Å². The molecule has 0 aromatic heterocycles. The van der Waals surface area contributed by atoms with Gasteiger partial charge in [0.15, 0.2) is 0 Å². The van der Waals surface area contributed by atoms with Crippen molar-refractivity contribution >= 4 is 17.5 Å². The summed E-state index contributed by atoms with van der Waals surface area (Å²) in [4.78, 5) is 16.0. The Hall–Kier alpha value is -1.64. The van der Waals surface area contributed by atoms with E-state index in [1.807, 2.05) is 6.92 Å². The maximum atomic E-state index is 13.8. The number of nitriles is 1. The number of benzene rings is 1. The predicted octanol–water partition coefficient (Wildman–Crippen LogP) is 2.54. The molecule has 1 aromatic carbocycles. The highest BCUT2D eigenvalue weighted by Crippen LogP contribution is 2.18. The van der Waals surface area contributed by atoms with Crippen LogP contribution in [0.2, 0.25) is 5.02 Å². The summed E-state index contributed by atoms with van der Waals surface area (Å²) in [6.07, 6.45) is 0.760. The van der Waals surface area contributed by atoms with Gasteiger partial charge in [0, 0.05) is 31.2 Å². The molecule has 4 nitrogen and oxygen atoms in total. The van der Waals surface area contributed by atoms with Crippen molar-refractivity contribution in [1.29, 1.82) is 5.26 Å². The van der Waals surface area contributed by atoms with Gasteiger partial charge in [-0.3, -0.25) is 9.69 Å². The van der Waals surface area contributed by atoms with Crippen LogP contribution in [0.3, 0.4) is 0 Å². The third-order valence-corrected chi connectivity index (χ3v) is 3.97. The van der Waals surface area contributed by atoms with Crippen molar-refractivity contribution in [3.8, 4) is 6.07 Å². The summed E-state index contributed by atoms with van der Waals surface area (Å²) in [6, 6.07) is 6.21. The molecular weight excluding hydrogens is 293 g/mol. The van der Waals surface area contributed by atoms with E-state index in [9.17, 15) is 9.18 Å². The molecule has 6 heteroatoms. The highest BCUT2D eigenvalue weighted by molar-refractivity contribution is 6.30. The fourth-order valence-corrected chi connectivity index (χ4v) is 2.66. The van der Waals surface area contributed by atoms with Gasteiger partial charge < -0.3 is 4.90 Å². The second-order valence-electron chi connectivity index (χ2n) is 5.01. The van der Waals surface area contributed by atoms with Gasteiger partial charge in [-0.05, 0) is 24.6 Å². The standard InChI is InChI=1S/C15H17ClFN3O/c1-2-12(10-18)19-5-7-20(8-6-19)15(21)13-4-3-11(16)9-14(13)17/h3-4,9,12H,2,5-8H2,1H3. The van der Waals surface area contributed by atoms with Gasteiger partial charge in [0.2, 0.25) is 0 Å². The Morgan fingerprint density at radius 3 is 2.62 bits per heavy atom. The summed E-state index contributed by atoms with van der Waals surface area (Å²) < 4.78 is 13.8. The Morgan fingerprint density at radius 2 is 2.10 bits per heavy atom. The monoisotopic (exact) mass is 309 g/mol. The molecule has 1 aromatic rings. The van der Waals surface area contributed by atoms with Gasteiger partial charge >= 0.3 is 0 Å². The molecule has 0 saturated carbocycles. The molecule has 1 fully saturated rings.